The molecule has 10 aromatic carbocycles. The van der Waals surface area contributed by atoms with Gasteiger partial charge in [-0.15, -0.1) is 0 Å². The fraction of sp³-hybridized carbons (Fsp3) is 0. The highest BCUT2D eigenvalue weighted by atomic mass is 16.6. The number of nitrogens with zero attached hydrogens (tertiary/aromatic N) is 6. The largest absolute Gasteiger partial charge is 0.311 e. The van der Waals surface area contributed by atoms with Crippen LogP contribution in [0.3, 0.4) is 0 Å². The van der Waals surface area contributed by atoms with Gasteiger partial charge in [-0.1, -0.05) is 164 Å². The summed E-state index contributed by atoms with van der Waals surface area (Å²) in [6.45, 7) is 0. The fourth-order valence-electron chi connectivity index (χ4n) is 9.38. The maximum Gasteiger partial charge on any atom is 0.297 e. The van der Waals surface area contributed by atoms with Crippen molar-refractivity contribution in [3.8, 4) is 0 Å². The first-order valence-electron chi connectivity index (χ1n) is 24.9. The van der Waals surface area contributed by atoms with Crippen LogP contribution in [0.15, 0.2) is 255 Å². The first kappa shape index (κ1) is 50.5. The van der Waals surface area contributed by atoms with Gasteiger partial charge in [-0.25, -0.2) is 0 Å². The number of para-hydroxylation sites is 6. The Morgan fingerprint density at radius 3 is 0.564 bits per heavy atom. The summed E-state index contributed by atoms with van der Waals surface area (Å²) in [4.78, 5) is 44.1. The molecule has 0 saturated heterocycles. The van der Waals surface area contributed by atoms with E-state index in [2.05, 4.69) is 14.7 Å². The molecular weight excluding hydrogens is 973 g/mol. The van der Waals surface area contributed by atoms with Gasteiger partial charge in [-0.05, 0) is 144 Å². The van der Waals surface area contributed by atoms with Crippen molar-refractivity contribution in [1.82, 2.24) is 0 Å². The molecule has 378 valence electrons. The summed E-state index contributed by atoms with van der Waals surface area (Å²) in [5.74, 6) is 0. The van der Waals surface area contributed by atoms with E-state index in [0.29, 0.717) is 16.7 Å². The Bertz CT molecular complexity index is 3250. The molecule has 0 aliphatic carbocycles. The predicted molar refractivity (Wildman–Crippen MR) is 317 cm³/mol. The highest BCUT2D eigenvalue weighted by Crippen LogP contribution is 2.46. The Balaban J connectivity index is 1.08. The summed E-state index contributed by atoms with van der Waals surface area (Å²) in [7, 11) is 0. The van der Waals surface area contributed by atoms with Gasteiger partial charge in [-0.2, -0.15) is 0 Å². The van der Waals surface area contributed by atoms with Crippen LogP contribution in [-0.4, -0.2) is 14.8 Å². The average Bonchev–Trinajstić information content (AvgIpc) is 3.59. The van der Waals surface area contributed by atoms with Crippen LogP contribution in [0.5, 0.6) is 0 Å². The molecule has 10 aromatic rings. The molecule has 0 spiro atoms. The van der Waals surface area contributed by atoms with Crippen LogP contribution in [-0.2, 0) is 0 Å². The van der Waals surface area contributed by atoms with Crippen LogP contribution in [0.2, 0.25) is 0 Å². The summed E-state index contributed by atoms with van der Waals surface area (Å²) in [6, 6.07) is 81.0. The highest BCUT2D eigenvalue weighted by molar-refractivity contribution is 5.96. The molecule has 0 fully saturated rings. The number of hydrogen-bond donors (Lipinski definition) is 0. The van der Waals surface area contributed by atoms with Gasteiger partial charge in [0.2, 0.25) is 0 Å². The van der Waals surface area contributed by atoms with Crippen molar-refractivity contribution in [2.75, 3.05) is 14.7 Å². The van der Waals surface area contributed by atoms with E-state index in [1.54, 1.807) is 36.4 Å². The standard InChI is InChI=1S/C66H48N6O6/c73-70(74)64-61(46-37-49-31-40-58(41-32-49)67(52-19-7-1-8-20-52)53-21-9-2-10-22-53)65(71(75)76)63(48-39-51-35-44-60(45-36-51)69(56-27-15-5-16-28-56)57-29-17-6-18-30-57)66(72(77)78)62(64)47-38-50-33-42-59(43-34-50)68(54-23-11-3-12-24-54)55-25-13-4-14-26-55/h1-48H/b46-37+,47-38+,48-39+. The average molecular weight is 1020 g/mol. The van der Waals surface area contributed by atoms with E-state index in [1.165, 1.54) is 36.5 Å². The second-order valence-electron chi connectivity index (χ2n) is 17.9. The van der Waals surface area contributed by atoms with E-state index in [0.717, 1.165) is 51.2 Å². The van der Waals surface area contributed by atoms with E-state index in [1.807, 2.05) is 218 Å². The minimum atomic E-state index is -0.795. The molecule has 0 N–H and O–H groups in total. The Morgan fingerprint density at radius 1 is 0.231 bits per heavy atom. The second-order valence-corrected chi connectivity index (χ2v) is 17.9. The predicted octanol–water partition coefficient (Wildman–Crippen LogP) is 18.3. The van der Waals surface area contributed by atoms with E-state index >= 15 is 0 Å². The lowest BCUT2D eigenvalue weighted by Crippen LogP contribution is -2.09. The van der Waals surface area contributed by atoms with Crippen molar-refractivity contribution in [3.05, 3.63) is 319 Å². The lowest BCUT2D eigenvalue weighted by atomic mass is 9.94. The van der Waals surface area contributed by atoms with Gasteiger partial charge in [0.05, 0.1) is 14.8 Å². The molecule has 0 saturated carbocycles. The molecule has 0 bridgehead atoms. The van der Waals surface area contributed by atoms with Crippen molar-refractivity contribution in [2.45, 2.75) is 0 Å². The Hall–Kier alpha value is -11.0. The zero-order valence-corrected chi connectivity index (χ0v) is 41.8. The first-order valence-corrected chi connectivity index (χ1v) is 24.9. The zero-order chi connectivity index (χ0) is 53.8. The van der Waals surface area contributed by atoms with Crippen LogP contribution < -0.4 is 14.7 Å². The van der Waals surface area contributed by atoms with Crippen LogP contribution in [0, 0.1) is 30.3 Å². The van der Waals surface area contributed by atoms with Crippen LogP contribution in [0.4, 0.5) is 68.2 Å². The maximum atomic E-state index is 13.4. The molecule has 12 heteroatoms. The third kappa shape index (κ3) is 11.2. The SMILES string of the molecule is O=[N+]([O-])c1c(/C=C/c2ccc(N(c3ccccc3)c3ccccc3)cc2)c([N+](=O)[O-])c(/C=C/c2ccc(N(c3ccccc3)c3ccccc3)cc2)c([N+](=O)[O-])c1/C=C/c1ccc(N(c2ccccc2)c2ccccc2)cc1. The molecule has 0 radical (unpaired) electrons. The molecule has 0 unspecified atom stereocenters. The summed E-state index contributed by atoms with van der Waals surface area (Å²) >= 11 is 0. The minimum Gasteiger partial charge on any atom is -0.311 e. The van der Waals surface area contributed by atoms with Crippen molar-refractivity contribution in [3.63, 3.8) is 0 Å². The molecule has 0 amide bonds. The number of benzene rings is 10. The third-order valence-corrected chi connectivity index (χ3v) is 12.9. The number of hydrogen-bond acceptors (Lipinski definition) is 9. The Kier molecular flexibility index (Phi) is 15.2. The van der Waals surface area contributed by atoms with E-state index in [-0.39, 0.29) is 0 Å². The zero-order valence-electron chi connectivity index (χ0n) is 41.8. The minimum absolute atomic E-state index is 0.414. The summed E-state index contributed by atoms with van der Waals surface area (Å²) in [5, 5.41) is 40.3. The van der Waals surface area contributed by atoms with Crippen LogP contribution >= 0.6 is 0 Å². The second kappa shape index (κ2) is 23.5. The molecular formula is C66H48N6O6. The molecule has 0 aliphatic heterocycles. The van der Waals surface area contributed by atoms with Gasteiger partial charge in [0.25, 0.3) is 17.1 Å². The topological polar surface area (TPSA) is 139 Å². The van der Waals surface area contributed by atoms with Crippen molar-refractivity contribution < 1.29 is 14.8 Å². The lowest BCUT2D eigenvalue weighted by molar-refractivity contribution is -0.403. The lowest BCUT2D eigenvalue weighted by Gasteiger charge is -2.25. The van der Waals surface area contributed by atoms with Crippen molar-refractivity contribution in [2.24, 2.45) is 0 Å². The number of rotatable bonds is 18. The normalized spacial score (nSPS) is 11.2. The van der Waals surface area contributed by atoms with Crippen LogP contribution in [0.25, 0.3) is 36.5 Å². The molecule has 12 nitrogen and oxygen atoms in total. The number of nitro groups is 3. The van der Waals surface area contributed by atoms with E-state index < -0.39 is 48.5 Å². The highest BCUT2D eigenvalue weighted by Gasteiger charge is 2.39. The Labute approximate surface area is 450 Å². The van der Waals surface area contributed by atoms with E-state index in [4.69, 9.17) is 0 Å². The molecule has 10 rings (SSSR count). The summed E-state index contributed by atoms with van der Waals surface area (Å²) < 4.78 is 0. The van der Waals surface area contributed by atoms with Crippen LogP contribution in [0.1, 0.15) is 33.4 Å². The summed E-state index contributed by atoms with van der Waals surface area (Å²) in [5.41, 5.74) is 6.02. The molecule has 0 aliphatic rings. The maximum absolute atomic E-state index is 13.4. The molecule has 0 heterocycles. The molecule has 0 aromatic heterocycles. The van der Waals surface area contributed by atoms with Gasteiger partial charge >= 0.3 is 0 Å². The first-order chi connectivity index (χ1) is 38.2. The Morgan fingerprint density at radius 2 is 0.397 bits per heavy atom. The molecule has 78 heavy (non-hydrogen) atoms. The van der Waals surface area contributed by atoms with Gasteiger partial charge < -0.3 is 14.7 Å². The fourth-order valence-corrected chi connectivity index (χ4v) is 9.38. The third-order valence-electron chi connectivity index (χ3n) is 12.9. The number of anilines is 9. The van der Waals surface area contributed by atoms with Gasteiger partial charge in [0.1, 0.15) is 16.7 Å². The quantitative estimate of drug-likeness (QED) is 0.0467. The smallest absolute Gasteiger partial charge is 0.297 e. The summed E-state index contributed by atoms with van der Waals surface area (Å²) in [6.07, 6.45) is 8.49. The molecule has 0 atom stereocenters. The van der Waals surface area contributed by atoms with Gasteiger partial charge in [-0.3, -0.25) is 30.3 Å². The van der Waals surface area contributed by atoms with Crippen molar-refractivity contribution in [1.29, 1.82) is 0 Å². The van der Waals surface area contributed by atoms with Gasteiger partial charge in [0.15, 0.2) is 0 Å². The van der Waals surface area contributed by atoms with Gasteiger partial charge in [0, 0.05) is 51.2 Å². The van der Waals surface area contributed by atoms with Crippen molar-refractivity contribution >= 4 is 105 Å². The monoisotopic (exact) mass is 1020 g/mol. The van der Waals surface area contributed by atoms with E-state index in [9.17, 15) is 30.3 Å². The number of nitro benzene ring substituents is 3.